The summed E-state index contributed by atoms with van der Waals surface area (Å²) < 4.78 is 3.99. The fraction of sp³-hybridized carbons (Fsp3) is 0.438. The molecular formula is C16H22N6. The monoisotopic (exact) mass is 298 g/mol. The van der Waals surface area contributed by atoms with Crippen LogP contribution in [-0.4, -0.2) is 24.1 Å². The Morgan fingerprint density at radius 1 is 1.14 bits per heavy atom. The molecule has 0 saturated carbocycles. The molecule has 0 aliphatic heterocycles. The molecule has 0 unspecified atom stereocenters. The second kappa shape index (κ2) is 5.44. The number of hydrogen-bond donors (Lipinski definition) is 1. The van der Waals surface area contributed by atoms with E-state index in [1.807, 2.05) is 23.1 Å². The zero-order valence-electron chi connectivity index (χ0n) is 13.5. The van der Waals surface area contributed by atoms with Crippen LogP contribution >= 0.6 is 0 Å². The van der Waals surface area contributed by atoms with E-state index in [2.05, 4.69) is 58.7 Å². The van der Waals surface area contributed by atoms with E-state index in [9.17, 15) is 0 Å². The van der Waals surface area contributed by atoms with Crippen LogP contribution < -0.4 is 5.32 Å². The minimum atomic E-state index is 0.0156. The fourth-order valence-electron chi connectivity index (χ4n) is 2.38. The van der Waals surface area contributed by atoms with Gasteiger partial charge in [-0.3, -0.25) is 0 Å². The highest BCUT2D eigenvalue weighted by molar-refractivity contribution is 5.68. The van der Waals surface area contributed by atoms with Gasteiger partial charge >= 0.3 is 0 Å². The predicted molar refractivity (Wildman–Crippen MR) is 86.9 cm³/mol. The van der Waals surface area contributed by atoms with Crippen LogP contribution in [0.15, 0.2) is 30.9 Å². The van der Waals surface area contributed by atoms with Crippen molar-refractivity contribution in [2.24, 2.45) is 0 Å². The first-order valence-electron chi connectivity index (χ1n) is 7.58. The highest BCUT2D eigenvalue weighted by Gasteiger charge is 2.19. The highest BCUT2D eigenvalue weighted by Crippen LogP contribution is 2.24. The van der Waals surface area contributed by atoms with E-state index in [0.29, 0.717) is 6.54 Å². The zero-order chi connectivity index (χ0) is 15.7. The zero-order valence-corrected chi connectivity index (χ0v) is 13.5. The maximum Gasteiger partial charge on any atom is 0.152 e. The third-order valence-corrected chi connectivity index (χ3v) is 3.71. The quantitative estimate of drug-likeness (QED) is 0.804. The van der Waals surface area contributed by atoms with Gasteiger partial charge in [0.15, 0.2) is 5.82 Å². The van der Waals surface area contributed by atoms with Crippen molar-refractivity contribution in [2.75, 3.05) is 5.32 Å². The van der Waals surface area contributed by atoms with Crippen LogP contribution in [0, 0.1) is 0 Å². The van der Waals surface area contributed by atoms with Gasteiger partial charge in [-0.15, -0.1) is 0 Å². The molecule has 0 spiro atoms. The van der Waals surface area contributed by atoms with E-state index >= 15 is 0 Å². The summed E-state index contributed by atoms with van der Waals surface area (Å²) in [7, 11) is 0. The Kier molecular flexibility index (Phi) is 3.60. The molecule has 6 heteroatoms. The van der Waals surface area contributed by atoms with Gasteiger partial charge in [0.05, 0.1) is 12.2 Å². The molecule has 1 N–H and O–H groups in total. The van der Waals surface area contributed by atoms with Crippen LogP contribution in [0.1, 0.15) is 39.2 Å². The summed E-state index contributed by atoms with van der Waals surface area (Å²) in [6, 6.07) is 2.10. The van der Waals surface area contributed by atoms with Crippen molar-refractivity contribution in [3.63, 3.8) is 0 Å². The van der Waals surface area contributed by atoms with Crippen molar-refractivity contribution >= 4 is 11.3 Å². The van der Waals surface area contributed by atoms with E-state index in [1.165, 1.54) is 0 Å². The fourth-order valence-corrected chi connectivity index (χ4v) is 2.38. The van der Waals surface area contributed by atoms with E-state index in [1.54, 1.807) is 6.20 Å². The number of rotatable bonds is 4. The Morgan fingerprint density at radius 2 is 1.91 bits per heavy atom. The smallest absolute Gasteiger partial charge is 0.152 e. The Hall–Kier alpha value is -2.37. The lowest BCUT2D eigenvalue weighted by atomic mass is 9.92. The van der Waals surface area contributed by atoms with Gasteiger partial charge in [-0.25, -0.2) is 14.5 Å². The molecule has 0 aliphatic carbocycles. The van der Waals surface area contributed by atoms with E-state index in [4.69, 9.17) is 0 Å². The first kappa shape index (κ1) is 14.6. The number of aromatic nitrogens is 5. The standard InChI is InChI=1S/C16H22N6/c1-5-21-8-6-17-14(21)11-19-15-12-10-13(16(2,3)4)20-22(12)9-7-18-15/h6-10H,5,11H2,1-4H3,(H,18,19). The lowest BCUT2D eigenvalue weighted by molar-refractivity contribution is 0.562. The molecule has 0 atom stereocenters. The molecule has 3 aromatic heterocycles. The number of imidazole rings is 1. The Bertz CT molecular complexity index is 777. The van der Waals surface area contributed by atoms with Crippen molar-refractivity contribution in [3.05, 3.63) is 42.4 Å². The van der Waals surface area contributed by atoms with Crippen molar-refractivity contribution in [1.82, 2.24) is 24.1 Å². The minimum absolute atomic E-state index is 0.0156. The largest absolute Gasteiger partial charge is 0.361 e. The molecule has 3 aromatic rings. The van der Waals surface area contributed by atoms with Crippen molar-refractivity contribution in [1.29, 1.82) is 0 Å². The normalized spacial score (nSPS) is 12.0. The van der Waals surface area contributed by atoms with Crippen molar-refractivity contribution in [3.8, 4) is 0 Å². The van der Waals surface area contributed by atoms with Crippen LogP contribution in [0.4, 0.5) is 5.82 Å². The van der Waals surface area contributed by atoms with Crippen molar-refractivity contribution < 1.29 is 0 Å². The number of nitrogens with zero attached hydrogens (tertiary/aromatic N) is 5. The molecule has 3 heterocycles. The molecule has 0 bridgehead atoms. The molecule has 0 radical (unpaired) electrons. The first-order valence-corrected chi connectivity index (χ1v) is 7.58. The number of nitrogens with one attached hydrogen (secondary N) is 1. The molecule has 0 aliphatic rings. The molecule has 116 valence electrons. The van der Waals surface area contributed by atoms with E-state index in [-0.39, 0.29) is 5.41 Å². The third-order valence-electron chi connectivity index (χ3n) is 3.71. The van der Waals surface area contributed by atoms with Gasteiger partial charge in [0, 0.05) is 36.7 Å². The molecule has 3 rings (SSSR count). The molecule has 0 aromatic carbocycles. The van der Waals surface area contributed by atoms with E-state index in [0.717, 1.165) is 29.4 Å². The summed E-state index contributed by atoms with van der Waals surface area (Å²) in [5.41, 5.74) is 2.06. The maximum atomic E-state index is 4.64. The molecule has 0 amide bonds. The Balaban J connectivity index is 1.89. The number of hydrogen-bond acceptors (Lipinski definition) is 4. The van der Waals surface area contributed by atoms with Crippen molar-refractivity contribution in [2.45, 2.75) is 46.2 Å². The Labute approximate surface area is 130 Å². The van der Waals surface area contributed by atoms with Gasteiger partial charge in [-0.1, -0.05) is 20.8 Å². The molecule has 0 saturated heterocycles. The van der Waals surface area contributed by atoms with Gasteiger partial charge in [0.25, 0.3) is 0 Å². The molecule has 6 nitrogen and oxygen atoms in total. The minimum Gasteiger partial charge on any atom is -0.361 e. The summed E-state index contributed by atoms with van der Waals surface area (Å²) in [4.78, 5) is 8.83. The van der Waals surface area contributed by atoms with Crippen LogP contribution in [0.2, 0.25) is 0 Å². The van der Waals surface area contributed by atoms with Crippen LogP contribution in [0.3, 0.4) is 0 Å². The average molecular weight is 298 g/mol. The molecular weight excluding hydrogens is 276 g/mol. The topological polar surface area (TPSA) is 60.0 Å². The lowest BCUT2D eigenvalue weighted by Gasteiger charge is -2.13. The molecule has 0 fully saturated rings. The van der Waals surface area contributed by atoms with Crippen LogP contribution in [0.25, 0.3) is 5.52 Å². The first-order chi connectivity index (χ1) is 10.5. The predicted octanol–water partition coefficient (Wildman–Crippen LogP) is 2.86. The van der Waals surface area contributed by atoms with Gasteiger partial charge < -0.3 is 9.88 Å². The Morgan fingerprint density at radius 3 is 2.64 bits per heavy atom. The maximum absolute atomic E-state index is 4.64. The second-order valence-electron chi connectivity index (χ2n) is 6.37. The van der Waals surface area contributed by atoms with Crippen LogP contribution in [0.5, 0.6) is 0 Å². The van der Waals surface area contributed by atoms with Gasteiger partial charge in [0.1, 0.15) is 11.3 Å². The molecule has 22 heavy (non-hydrogen) atoms. The van der Waals surface area contributed by atoms with E-state index < -0.39 is 0 Å². The van der Waals surface area contributed by atoms with Gasteiger partial charge in [0.2, 0.25) is 0 Å². The number of fused-ring (bicyclic) bond motifs is 1. The summed E-state index contributed by atoms with van der Waals surface area (Å²) in [5, 5.41) is 8.01. The van der Waals surface area contributed by atoms with Gasteiger partial charge in [-0.2, -0.15) is 5.10 Å². The average Bonchev–Trinajstić information content (AvgIpc) is 3.10. The summed E-state index contributed by atoms with van der Waals surface area (Å²) in [6.07, 6.45) is 7.45. The van der Waals surface area contributed by atoms with Crippen LogP contribution in [-0.2, 0) is 18.5 Å². The second-order valence-corrected chi connectivity index (χ2v) is 6.37. The SMILES string of the molecule is CCn1ccnc1CNc1nccn2nc(C(C)(C)C)cc12. The summed E-state index contributed by atoms with van der Waals surface area (Å²) >= 11 is 0. The lowest BCUT2D eigenvalue weighted by Crippen LogP contribution is -2.11. The third kappa shape index (κ3) is 2.68. The highest BCUT2D eigenvalue weighted by atomic mass is 15.2. The number of aryl methyl sites for hydroxylation is 1. The number of anilines is 1. The summed E-state index contributed by atoms with van der Waals surface area (Å²) in [6.45, 7) is 10.1. The summed E-state index contributed by atoms with van der Waals surface area (Å²) in [5.74, 6) is 1.83. The van der Waals surface area contributed by atoms with Gasteiger partial charge in [-0.05, 0) is 13.0 Å².